The molecule has 1 atom stereocenters. The van der Waals surface area contributed by atoms with Gasteiger partial charge in [0.1, 0.15) is 5.56 Å². The van der Waals surface area contributed by atoms with Gasteiger partial charge >= 0.3 is 5.63 Å². The second kappa shape index (κ2) is 7.53. The van der Waals surface area contributed by atoms with Crippen LogP contribution in [0.3, 0.4) is 0 Å². The summed E-state index contributed by atoms with van der Waals surface area (Å²) in [5, 5.41) is 3.82. The maximum absolute atomic E-state index is 12.4. The van der Waals surface area contributed by atoms with E-state index in [2.05, 4.69) is 17.4 Å². The fraction of sp³-hybridized carbons (Fsp3) is 0.200. The fourth-order valence-corrected chi connectivity index (χ4v) is 2.89. The van der Waals surface area contributed by atoms with Gasteiger partial charge in [-0.2, -0.15) is 0 Å². The topological polar surface area (TPSA) is 59.3 Å². The lowest BCUT2D eigenvalue weighted by atomic mass is 10.1. The highest BCUT2D eigenvalue weighted by molar-refractivity contribution is 6.34. The molecule has 0 spiro atoms. The molecular weight excluding hydrogens is 338 g/mol. The molecule has 1 amide bonds. The number of amides is 1. The Bertz CT molecular complexity index is 950. The molecule has 0 aliphatic rings. The van der Waals surface area contributed by atoms with Gasteiger partial charge in [-0.05, 0) is 37.5 Å². The quantitative estimate of drug-likeness (QED) is 0.698. The van der Waals surface area contributed by atoms with Crippen molar-refractivity contribution >= 4 is 28.5 Å². The van der Waals surface area contributed by atoms with E-state index in [0.717, 1.165) is 12.8 Å². The molecule has 25 heavy (non-hydrogen) atoms. The summed E-state index contributed by atoms with van der Waals surface area (Å²) >= 11 is 6.01. The highest BCUT2D eigenvalue weighted by atomic mass is 35.5. The van der Waals surface area contributed by atoms with Crippen LogP contribution >= 0.6 is 11.6 Å². The number of nitrogens with one attached hydrogen (secondary N) is 1. The minimum absolute atomic E-state index is 0.0127. The van der Waals surface area contributed by atoms with E-state index in [1.165, 1.54) is 11.6 Å². The molecule has 0 saturated carbocycles. The number of rotatable bonds is 5. The predicted molar refractivity (Wildman–Crippen MR) is 99.2 cm³/mol. The van der Waals surface area contributed by atoms with Crippen LogP contribution in [0, 0.1) is 0 Å². The standard InChI is InChI=1S/C20H18ClNO3/c1-13(10-11-14-6-3-2-4-7-14)22-19(23)16-12-15-8-5-9-17(21)18(15)25-20(16)24/h2-9,12-13H,10-11H2,1H3,(H,22,23). The summed E-state index contributed by atoms with van der Waals surface area (Å²) in [5.74, 6) is -0.434. The Morgan fingerprint density at radius 3 is 2.68 bits per heavy atom. The Hall–Kier alpha value is -2.59. The Kier molecular flexibility index (Phi) is 5.19. The van der Waals surface area contributed by atoms with Gasteiger partial charge in [0, 0.05) is 11.4 Å². The average molecular weight is 356 g/mol. The van der Waals surface area contributed by atoms with Gasteiger partial charge in [0.2, 0.25) is 0 Å². The van der Waals surface area contributed by atoms with Crippen molar-refractivity contribution in [3.8, 4) is 0 Å². The van der Waals surface area contributed by atoms with Crippen molar-refractivity contribution in [2.24, 2.45) is 0 Å². The molecule has 1 aromatic heterocycles. The smallest absolute Gasteiger partial charge is 0.349 e. The minimum Gasteiger partial charge on any atom is -0.421 e. The van der Waals surface area contributed by atoms with E-state index in [1.54, 1.807) is 18.2 Å². The van der Waals surface area contributed by atoms with E-state index < -0.39 is 11.5 Å². The normalized spacial score (nSPS) is 12.1. The van der Waals surface area contributed by atoms with Crippen LogP contribution in [0.15, 0.2) is 63.8 Å². The van der Waals surface area contributed by atoms with E-state index >= 15 is 0 Å². The largest absolute Gasteiger partial charge is 0.421 e. The van der Waals surface area contributed by atoms with Gasteiger partial charge in [-0.3, -0.25) is 4.79 Å². The SMILES string of the molecule is CC(CCc1ccccc1)NC(=O)c1cc2cccc(Cl)c2oc1=O. The number of carbonyl (C=O) groups excluding carboxylic acids is 1. The van der Waals surface area contributed by atoms with Crippen LogP contribution in [-0.2, 0) is 6.42 Å². The second-order valence-corrected chi connectivity index (χ2v) is 6.41. The number of para-hydroxylation sites is 1. The number of benzene rings is 2. The third-order valence-electron chi connectivity index (χ3n) is 4.04. The molecule has 4 nitrogen and oxygen atoms in total. The maximum atomic E-state index is 12.4. The first-order valence-electron chi connectivity index (χ1n) is 8.12. The first-order valence-corrected chi connectivity index (χ1v) is 8.49. The Morgan fingerprint density at radius 2 is 1.92 bits per heavy atom. The molecule has 0 aliphatic heterocycles. The van der Waals surface area contributed by atoms with Crippen molar-refractivity contribution < 1.29 is 9.21 Å². The van der Waals surface area contributed by atoms with E-state index in [4.69, 9.17) is 16.0 Å². The summed E-state index contributed by atoms with van der Waals surface area (Å²) in [5.41, 5.74) is 0.806. The van der Waals surface area contributed by atoms with Crippen LogP contribution in [0.1, 0.15) is 29.3 Å². The molecule has 128 valence electrons. The van der Waals surface area contributed by atoms with Crippen molar-refractivity contribution in [3.05, 3.63) is 81.2 Å². The van der Waals surface area contributed by atoms with Crippen molar-refractivity contribution in [2.75, 3.05) is 0 Å². The molecule has 3 rings (SSSR count). The van der Waals surface area contributed by atoms with Gasteiger partial charge in [0.15, 0.2) is 5.58 Å². The van der Waals surface area contributed by atoms with Gasteiger partial charge < -0.3 is 9.73 Å². The molecule has 3 aromatic rings. The summed E-state index contributed by atoms with van der Waals surface area (Å²) in [7, 11) is 0. The number of hydrogen-bond acceptors (Lipinski definition) is 3. The fourth-order valence-electron chi connectivity index (χ4n) is 2.67. The molecule has 0 saturated heterocycles. The second-order valence-electron chi connectivity index (χ2n) is 6.00. The molecular formula is C20H18ClNO3. The molecule has 0 radical (unpaired) electrons. The molecule has 1 heterocycles. The summed E-state index contributed by atoms with van der Waals surface area (Å²) in [6, 6.07) is 16.6. The molecule has 0 fully saturated rings. The van der Waals surface area contributed by atoms with Crippen molar-refractivity contribution in [1.82, 2.24) is 5.32 Å². The lowest BCUT2D eigenvalue weighted by Gasteiger charge is -2.13. The van der Waals surface area contributed by atoms with Crippen molar-refractivity contribution in [1.29, 1.82) is 0 Å². The molecule has 1 unspecified atom stereocenters. The van der Waals surface area contributed by atoms with Crippen LogP contribution in [-0.4, -0.2) is 11.9 Å². The number of halogens is 1. The molecule has 1 N–H and O–H groups in total. The monoisotopic (exact) mass is 355 g/mol. The number of fused-ring (bicyclic) bond motifs is 1. The zero-order chi connectivity index (χ0) is 17.8. The zero-order valence-corrected chi connectivity index (χ0v) is 14.5. The van der Waals surface area contributed by atoms with Crippen LogP contribution in [0.25, 0.3) is 11.0 Å². The van der Waals surface area contributed by atoms with E-state index in [0.29, 0.717) is 16.0 Å². The third-order valence-corrected chi connectivity index (χ3v) is 4.34. The van der Waals surface area contributed by atoms with Gasteiger partial charge in [-0.25, -0.2) is 4.79 Å². The van der Waals surface area contributed by atoms with Gasteiger partial charge in [0.05, 0.1) is 5.02 Å². The summed E-state index contributed by atoms with van der Waals surface area (Å²) in [4.78, 5) is 24.5. The molecule has 5 heteroatoms. The Balaban J connectivity index is 1.71. The first kappa shape index (κ1) is 17.2. The maximum Gasteiger partial charge on any atom is 0.349 e. The van der Waals surface area contributed by atoms with Crippen molar-refractivity contribution in [2.45, 2.75) is 25.8 Å². The van der Waals surface area contributed by atoms with Crippen LogP contribution in [0.4, 0.5) is 0 Å². The Morgan fingerprint density at radius 1 is 1.16 bits per heavy atom. The van der Waals surface area contributed by atoms with Gasteiger partial charge in [-0.1, -0.05) is 54.1 Å². The minimum atomic E-state index is -0.687. The van der Waals surface area contributed by atoms with Crippen LogP contribution in [0.2, 0.25) is 5.02 Å². The van der Waals surface area contributed by atoms with E-state index in [1.807, 2.05) is 25.1 Å². The third kappa shape index (κ3) is 4.09. The number of hydrogen-bond donors (Lipinski definition) is 1. The van der Waals surface area contributed by atoms with Gasteiger partial charge in [0.25, 0.3) is 5.91 Å². The van der Waals surface area contributed by atoms with Crippen LogP contribution < -0.4 is 10.9 Å². The average Bonchev–Trinajstić information content (AvgIpc) is 2.61. The van der Waals surface area contributed by atoms with Crippen LogP contribution in [0.5, 0.6) is 0 Å². The van der Waals surface area contributed by atoms with Gasteiger partial charge in [-0.15, -0.1) is 0 Å². The van der Waals surface area contributed by atoms with Crippen molar-refractivity contribution in [3.63, 3.8) is 0 Å². The first-order chi connectivity index (χ1) is 12.0. The molecule has 2 aromatic carbocycles. The summed E-state index contributed by atoms with van der Waals surface area (Å²) < 4.78 is 5.21. The molecule has 0 bridgehead atoms. The lowest BCUT2D eigenvalue weighted by molar-refractivity contribution is 0.0935. The Labute approximate surface area is 150 Å². The number of carbonyl (C=O) groups is 1. The predicted octanol–water partition coefficient (Wildman–Crippen LogP) is 4.20. The number of aryl methyl sites for hydroxylation is 1. The highest BCUT2D eigenvalue weighted by Gasteiger charge is 2.16. The lowest BCUT2D eigenvalue weighted by Crippen LogP contribution is -2.35. The molecule has 0 aliphatic carbocycles. The van der Waals surface area contributed by atoms with E-state index in [9.17, 15) is 9.59 Å². The van der Waals surface area contributed by atoms with E-state index in [-0.39, 0.29) is 11.6 Å². The summed E-state index contributed by atoms with van der Waals surface area (Å²) in [6.45, 7) is 1.92. The highest BCUT2D eigenvalue weighted by Crippen LogP contribution is 2.22. The zero-order valence-electron chi connectivity index (χ0n) is 13.8. The summed E-state index contributed by atoms with van der Waals surface area (Å²) in [6.07, 6.45) is 1.63.